The predicted octanol–water partition coefficient (Wildman–Crippen LogP) is 2.41. The van der Waals surface area contributed by atoms with Gasteiger partial charge in [0.15, 0.2) is 0 Å². The molecule has 2 nitrogen and oxygen atoms in total. The van der Waals surface area contributed by atoms with Gasteiger partial charge in [0.05, 0.1) is 6.61 Å². The van der Waals surface area contributed by atoms with E-state index < -0.39 is 0 Å². The largest absolute Gasteiger partial charge is 0.380 e. The molecule has 0 spiro atoms. The lowest BCUT2D eigenvalue weighted by Crippen LogP contribution is -2.29. The van der Waals surface area contributed by atoms with Crippen molar-refractivity contribution in [1.82, 2.24) is 5.32 Å². The predicted molar refractivity (Wildman–Crippen MR) is 58.5 cm³/mol. The van der Waals surface area contributed by atoms with Crippen molar-refractivity contribution in [3.63, 3.8) is 0 Å². The molecule has 0 saturated carbocycles. The molecule has 80 valence electrons. The minimum absolute atomic E-state index is 0.559. The van der Waals surface area contributed by atoms with Gasteiger partial charge in [-0.2, -0.15) is 0 Å². The van der Waals surface area contributed by atoms with E-state index in [1.807, 2.05) is 0 Å². The van der Waals surface area contributed by atoms with Gasteiger partial charge in [0.25, 0.3) is 0 Å². The molecule has 0 aliphatic rings. The van der Waals surface area contributed by atoms with Gasteiger partial charge in [0.1, 0.15) is 0 Å². The van der Waals surface area contributed by atoms with E-state index in [-0.39, 0.29) is 0 Å². The molecule has 0 aliphatic carbocycles. The van der Waals surface area contributed by atoms with Crippen molar-refractivity contribution in [3.8, 4) is 0 Å². The zero-order chi connectivity index (χ0) is 9.94. The molecule has 0 aliphatic heterocycles. The van der Waals surface area contributed by atoms with Crippen LogP contribution in [0.25, 0.3) is 0 Å². The zero-order valence-electron chi connectivity index (χ0n) is 8.81. The first-order valence-corrected chi connectivity index (χ1v) is 5.71. The third kappa shape index (κ3) is 10.1. The monoisotopic (exact) mass is 207 g/mol. The van der Waals surface area contributed by atoms with E-state index in [1.54, 1.807) is 0 Å². The highest BCUT2D eigenvalue weighted by molar-refractivity contribution is 6.17. The first kappa shape index (κ1) is 13.2. The molecular weight excluding hydrogens is 186 g/mol. The fourth-order valence-electron chi connectivity index (χ4n) is 1.11. The number of halogens is 1. The fourth-order valence-corrected chi connectivity index (χ4v) is 1.26. The second-order valence-corrected chi connectivity index (χ2v) is 3.68. The van der Waals surface area contributed by atoms with Crippen LogP contribution in [-0.4, -0.2) is 31.7 Å². The Morgan fingerprint density at radius 2 is 2.15 bits per heavy atom. The topological polar surface area (TPSA) is 21.3 Å². The Bertz CT molecular complexity index is 101. The van der Waals surface area contributed by atoms with Crippen molar-refractivity contribution in [2.24, 2.45) is 0 Å². The molecule has 3 heteroatoms. The Morgan fingerprint density at radius 1 is 1.38 bits per heavy atom. The van der Waals surface area contributed by atoms with Crippen molar-refractivity contribution in [2.45, 2.75) is 39.2 Å². The maximum absolute atomic E-state index is 5.60. The first-order valence-electron chi connectivity index (χ1n) is 5.18. The Kier molecular flexibility index (Phi) is 10.5. The number of alkyl halides is 1. The van der Waals surface area contributed by atoms with Gasteiger partial charge < -0.3 is 10.1 Å². The molecule has 0 bridgehead atoms. The first-order chi connectivity index (χ1) is 6.31. The molecule has 0 aromatic carbocycles. The summed E-state index contributed by atoms with van der Waals surface area (Å²) in [7, 11) is 0. The van der Waals surface area contributed by atoms with E-state index in [0.717, 1.165) is 44.9 Å². The van der Waals surface area contributed by atoms with Crippen molar-refractivity contribution in [2.75, 3.05) is 25.6 Å². The molecule has 1 atom stereocenters. The van der Waals surface area contributed by atoms with Crippen LogP contribution in [0.1, 0.15) is 33.1 Å². The van der Waals surface area contributed by atoms with Gasteiger partial charge in [-0.1, -0.05) is 6.92 Å². The lowest BCUT2D eigenvalue weighted by atomic mass is 10.2. The third-order valence-corrected chi connectivity index (χ3v) is 2.13. The minimum atomic E-state index is 0.559. The maximum atomic E-state index is 5.60. The van der Waals surface area contributed by atoms with Crippen LogP contribution in [0.4, 0.5) is 0 Å². The normalized spacial score (nSPS) is 13.2. The number of nitrogens with one attached hydrogen (secondary N) is 1. The van der Waals surface area contributed by atoms with Gasteiger partial charge >= 0.3 is 0 Å². The number of ether oxygens (including phenoxy) is 1. The van der Waals surface area contributed by atoms with Crippen LogP contribution >= 0.6 is 11.6 Å². The Hall–Kier alpha value is 0.210. The lowest BCUT2D eigenvalue weighted by molar-refractivity contribution is 0.134. The van der Waals surface area contributed by atoms with Crippen LogP contribution in [-0.2, 0) is 4.74 Å². The summed E-state index contributed by atoms with van der Waals surface area (Å²) in [5.74, 6) is 0.762. The lowest BCUT2D eigenvalue weighted by Gasteiger charge is -2.12. The summed E-state index contributed by atoms with van der Waals surface area (Å²) in [6.45, 7) is 6.95. The molecule has 0 aromatic heterocycles. The molecule has 0 amide bonds. The van der Waals surface area contributed by atoms with Crippen LogP contribution in [0.2, 0.25) is 0 Å². The third-order valence-electron chi connectivity index (χ3n) is 1.86. The summed E-state index contributed by atoms with van der Waals surface area (Å²) in [5, 5.41) is 3.39. The average Bonchev–Trinajstić information content (AvgIpc) is 2.14. The summed E-state index contributed by atoms with van der Waals surface area (Å²) < 4.78 is 5.35. The van der Waals surface area contributed by atoms with Gasteiger partial charge in [-0.25, -0.2) is 0 Å². The maximum Gasteiger partial charge on any atom is 0.0590 e. The summed E-state index contributed by atoms with van der Waals surface area (Å²) >= 11 is 5.60. The molecule has 1 unspecified atom stereocenters. The molecule has 0 heterocycles. The van der Waals surface area contributed by atoms with E-state index >= 15 is 0 Å². The van der Waals surface area contributed by atoms with E-state index in [2.05, 4.69) is 19.2 Å². The number of rotatable bonds is 9. The number of hydrogen-bond acceptors (Lipinski definition) is 2. The molecule has 0 fully saturated rings. The van der Waals surface area contributed by atoms with E-state index in [9.17, 15) is 0 Å². The standard InChI is InChI=1S/C10H22ClNO/c1-3-8-13-9-7-12-10(2)5-4-6-11/h10,12H,3-9H2,1-2H3. The zero-order valence-corrected chi connectivity index (χ0v) is 9.57. The van der Waals surface area contributed by atoms with Gasteiger partial charge in [-0.3, -0.25) is 0 Å². The van der Waals surface area contributed by atoms with Crippen LogP contribution in [0.5, 0.6) is 0 Å². The van der Waals surface area contributed by atoms with Crippen LogP contribution in [0, 0.1) is 0 Å². The van der Waals surface area contributed by atoms with Gasteiger partial charge in [-0.05, 0) is 26.2 Å². The smallest absolute Gasteiger partial charge is 0.0590 e. The molecule has 0 radical (unpaired) electrons. The highest BCUT2D eigenvalue weighted by Crippen LogP contribution is 1.97. The Morgan fingerprint density at radius 3 is 2.77 bits per heavy atom. The van der Waals surface area contributed by atoms with Gasteiger partial charge in [-0.15, -0.1) is 11.6 Å². The summed E-state index contributed by atoms with van der Waals surface area (Å²) in [6, 6.07) is 0.559. The van der Waals surface area contributed by atoms with Crippen molar-refractivity contribution < 1.29 is 4.74 Å². The van der Waals surface area contributed by atoms with Crippen molar-refractivity contribution >= 4 is 11.6 Å². The van der Waals surface area contributed by atoms with Crippen molar-refractivity contribution in [3.05, 3.63) is 0 Å². The second-order valence-electron chi connectivity index (χ2n) is 3.30. The summed E-state index contributed by atoms with van der Waals surface area (Å²) in [6.07, 6.45) is 3.34. The number of hydrogen-bond donors (Lipinski definition) is 1. The van der Waals surface area contributed by atoms with Crippen LogP contribution < -0.4 is 5.32 Å². The fraction of sp³-hybridized carbons (Fsp3) is 1.00. The van der Waals surface area contributed by atoms with Gasteiger partial charge in [0, 0.05) is 25.1 Å². The summed E-state index contributed by atoms with van der Waals surface area (Å²) in [5.41, 5.74) is 0. The van der Waals surface area contributed by atoms with E-state index in [4.69, 9.17) is 16.3 Å². The van der Waals surface area contributed by atoms with Crippen LogP contribution in [0.3, 0.4) is 0 Å². The van der Waals surface area contributed by atoms with E-state index in [0.29, 0.717) is 6.04 Å². The second kappa shape index (κ2) is 10.3. The molecule has 0 saturated heterocycles. The molecular formula is C10H22ClNO. The minimum Gasteiger partial charge on any atom is -0.380 e. The molecule has 0 aromatic rings. The molecule has 13 heavy (non-hydrogen) atoms. The molecule has 1 N–H and O–H groups in total. The van der Waals surface area contributed by atoms with Crippen molar-refractivity contribution in [1.29, 1.82) is 0 Å². The quantitative estimate of drug-likeness (QED) is 0.463. The summed E-state index contributed by atoms with van der Waals surface area (Å²) in [4.78, 5) is 0. The Labute approximate surface area is 87.0 Å². The highest BCUT2D eigenvalue weighted by atomic mass is 35.5. The van der Waals surface area contributed by atoms with E-state index in [1.165, 1.54) is 0 Å². The SMILES string of the molecule is CCCOCCNC(C)CCCCl. The molecule has 0 rings (SSSR count). The average molecular weight is 208 g/mol. The van der Waals surface area contributed by atoms with Gasteiger partial charge in [0.2, 0.25) is 0 Å². The highest BCUT2D eigenvalue weighted by Gasteiger charge is 1.98. The van der Waals surface area contributed by atoms with Crippen LogP contribution in [0.15, 0.2) is 0 Å². The Balaban J connectivity index is 3.03.